The van der Waals surface area contributed by atoms with Gasteiger partial charge in [0.15, 0.2) is 0 Å². The largest absolute Gasteiger partial charge is 0.397 e. The van der Waals surface area contributed by atoms with Crippen LogP contribution in [0.15, 0.2) is 65.3 Å². The highest BCUT2D eigenvalue weighted by Gasteiger charge is 2.48. The predicted molar refractivity (Wildman–Crippen MR) is 146 cm³/mol. The topological polar surface area (TPSA) is 67.4 Å². The molecule has 1 aliphatic heterocycles. The second-order valence-corrected chi connectivity index (χ2v) is 10.9. The monoisotopic (exact) mass is 551 g/mol. The molecule has 0 saturated carbocycles. The van der Waals surface area contributed by atoms with Crippen molar-refractivity contribution in [3.05, 3.63) is 83.2 Å². The highest BCUT2D eigenvalue weighted by molar-refractivity contribution is 5.94. The Balaban J connectivity index is 1.30. The number of rotatable bonds is 6. The van der Waals surface area contributed by atoms with Crippen LogP contribution in [0.4, 0.5) is 13.2 Å². The van der Waals surface area contributed by atoms with Crippen LogP contribution in [0, 0.1) is 6.92 Å². The summed E-state index contributed by atoms with van der Waals surface area (Å²) < 4.78 is 47.7. The minimum absolute atomic E-state index is 0.0493. The lowest BCUT2D eigenvalue weighted by Gasteiger charge is -2.32. The Kier molecular flexibility index (Phi) is 7.31. The summed E-state index contributed by atoms with van der Waals surface area (Å²) in [7, 11) is 2.06. The number of alkyl halides is 3. The molecule has 0 unspecified atom stereocenters. The van der Waals surface area contributed by atoms with Crippen molar-refractivity contribution >= 4 is 5.91 Å². The maximum absolute atomic E-state index is 13.4. The van der Waals surface area contributed by atoms with Gasteiger partial charge in [0.05, 0.1) is 11.0 Å². The van der Waals surface area contributed by atoms with Gasteiger partial charge in [-0.05, 0) is 57.1 Å². The fraction of sp³-hybridized carbons (Fsp3) is 0.367. The number of likely N-dealkylation sites (N-methyl/N-ethyl adjacent to an activating group) is 1. The van der Waals surface area contributed by atoms with E-state index in [0.717, 1.165) is 56.8 Å². The van der Waals surface area contributed by atoms with Gasteiger partial charge in [-0.3, -0.25) is 4.79 Å². The molecule has 40 heavy (non-hydrogen) atoms. The van der Waals surface area contributed by atoms with Crippen molar-refractivity contribution in [1.29, 1.82) is 0 Å². The van der Waals surface area contributed by atoms with Gasteiger partial charge in [-0.1, -0.05) is 41.6 Å². The number of carbonyl (C=O) groups is 1. The van der Waals surface area contributed by atoms with E-state index in [1.54, 1.807) is 12.1 Å². The summed E-state index contributed by atoms with van der Waals surface area (Å²) in [5, 5.41) is 4.04. The number of amides is 1. The quantitative estimate of drug-likeness (QED) is 0.304. The smallest absolute Gasteiger partial charge is 0.347 e. The molecule has 1 amide bonds. The predicted octanol–water partition coefficient (Wildman–Crippen LogP) is 5.79. The van der Waals surface area contributed by atoms with Gasteiger partial charge in [0.2, 0.25) is 5.82 Å². The second kappa shape index (κ2) is 10.6. The number of piperazine rings is 1. The lowest BCUT2D eigenvalue weighted by molar-refractivity contribution is -0.180. The van der Waals surface area contributed by atoms with Gasteiger partial charge in [0.25, 0.3) is 11.8 Å². The summed E-state index contributed by atoms with van der Waals surface area (Å²) in [5.41, 5.74) is 2.15. The minimum atomic E-state index is -4.36. The molecule has 10 heteroatoms. The Morgan fingerprint density at radius 2 is 1.68 bits per heavy atom. The molecule has 0 spiro atoms. The molecule has 3 heterocycles. The second-order valence-electron chi connectivity index (χ2n) is 10.9. The van der Waals surface area contributed by atoms with Crippen LogP contribution >= 0.6 is 0 Å². The van der Waals surface area contributed by atoms with Gasteiger partial charge in [-0.15, -0.1) is 0 Å². The zero-order chi connectivity index (χ0) is 28.7. The number of nitrogens with zero attached hydrogens (tertiary/aromatic N) is 5. The van der Waals surface area contributed by atoms with E-state index in [-0.39, 0.29) is 11.5 Å². The van der Waals surface area contributed by atoms with Crippen molar-refractivity contribution in [3.63, 3.8) is 0 Å². The van der Waals surface area contributed by atoms with E-state index in [9.17, 15) is 18.0 Å². The van der Waals surface area contributed by atoms with Crippen LogP contribution in [0.1, 0.15) is 41.0 Å². The highest BCUT2D eigenvalue weighted by atomic mass is 19.4. The van der Waals surface area contributed by atoms with Crippen LogP contribution in [-0.4, -0.2) is 69.8 Å². The number of halogens is 3. The third-order valence-electron chi connectivity index (χ3n) is 7.68. The van der Waals surface area contributed by atoms with Crippen LogP contribution in [0.5, 0.6) is 0 Å². The van der Waals surface area contributed by atoms with E-state index >= 15 is 0 Å². The molecule has 0 bridgehead atoms. The molecule has 210 valence electrons. The van der Waals surface area contributed by atoms with E-state index < -0.39 is 11.6 Å². The number of carbonyl (C=O) groups excluding carboxylic acids is 1. The molecular formula is C30H32F3N5O2. The molecule has 0 aliphatic carbocycles. The first-order chi connectivity index (χ1) is 18.9. The van der Waals surface area contributed by atoms with Crippen LogP contribution in [0.3, 0.4) is 0 Å². The summed E-state index contributed by atoms with van der Waals surface area (Å²) in [4.78, 5) is 21.6. The third kappa shape index (κ3) is 5.54. The number of aromatic nitrogens is 3. The molecule has 1 aliphatic rings. The molecule has 2 aromatic heterocycles. The van der Waals surface area contributed by atoms with Gasteiger partial charge in [0, 0.05) is 55.7 Å². The van der Waals surface area contributed by atoms with Crippen molar-refractivity contribution in [2.24, 2.45) is 0 Å². The van der Waals surface area contributed by atoms with Crippen LogP contribution < -0.4 is 0 Å². The molecule has 0 N–H and O–H groups in total. The standard InChI is InChI=1S/C30H32F3N5O2/c1-20-16-24(27-34-26(35-40-27)22-8-10-25(11-9-22)29(2,3)30(31,32)33)19-38(20)18-21-6-5-7-23(17-21)28(39)37-14-12-36(4)13-15-37/h5-11,16-17,19H,12-15,18H2,1-4H3. The van der Waals surface area contributed by atoms with Crippen molar-refractivity contribution in [2.45, 2.75) is 38.9 Å². The molecule has 0 radical (unpaired) electrons. The fourth-order valence-corrected chi connectivity index (χ4v) is 4.75. The molecule has 1 saturated heterocycles. The lowest BCUT2D eigenvalue weighted by Crippen LogP contribution is -2.47. The number of benzene rings is 2. The fourth-order valence-electron chi connectivity index (χ4n) is 4.75. The van der Waals surface area contributed by atoms with Gasteiger partial charge >= 0.3 is 6.18 Å². The Labute approximate surface area is 231 Å². The van der Waals surface area contributed by atoms with Gasteiger partial charge < -0.3 is 18.9 Å². The average Bonchev–Trinajstić information content (AvgIpc) is 3.55. The van der Waals surface area contributed by atoms with E-state index in [1.165, 1.54) is 12.1 Å². The van der Waals surface area contributed by atoms with Gasteiger partial charge in [-0.2, -0.15) is 18.2 Å². The summed E-state index contributed by atoms with van der Waals surface area (Å²) in [5.74, 6) is 0.663. The first-order valence-corrected chi connectivity index (χ1v) is 13.2. The zero-order valence-electron chi connectivity index (χ0n) is 23.0. The summed E-state index contributed by atoms with van der Waals surface area (Å²) in [6.07, 6.45) is -2.45. The maximum Gasteiger partial charge on any atom is 0.397 e. The minimum Gasteiger partial charge on any atom is -0.347 e. The lowest BCUT2D eigenvalue weighted by atomic mass is 9.83. The number of hydrogen-bond donors (Lipinski definition) is 0. The SMILES string of the molecule is Cc1cc(-c2nc(-c3ccc(C(C)(C)C(F)(F)F)cc3)no2)cn1Cc1cccc(C(=O)N2CCN(C)CC2)c1. The molecule has 2 aromatic carbocycles. The van der Waals surface area contributed by atoms with Crippen molar-refractivity contribution in [1.82, 2.24) is 24.5 Å². The Hall–Kier alpha value is -3.92. The third-order valence-corrected chi connectivity index (χ3v) is 7.68. The molecule has 1 fully saturated rings. The molecule has 0 atom stereocenters. The Bertz CT molecular complexity index is 1500. The Morgan fingerprint density at radius 3 is 2.35 bits per heavy atom. The molecule has 4 aromatic rings. The van der Waals surface area contributed by atoms with E-state index in [4.69, 9.17) is 4.52 Å². The van der Waals surface area contributed by atoms with Crippen molar-refractivity contribution in [3.8, 4) is 22.8 Å². The molecule has 7 nitrogen and oxygen atoms in total. The summed E-state index contributed by atoms with van der Waals surface area (Å²) >= 11 is 0. The average molecular weight is 552 g/mol. The molecular weight excluding hydrogens is 519 g/mol. The van der Waals surface area contributed by atoms with E-state index in [0.29, 0.717) is 29.4 Å². The van der Waals surface area contributed by atoms with Gasteiger partial charge in [-0.25, -0.2) is 0 Å². The normalized spacial score (nSPS) is 15.0. The number of hydrogen-bond acceptors (Lipinski definition) is 5. The Morgan fingerprint density at radius 1 is 0.975 bits per heavy atom. The highest BCUT2D eigenvalue weighted by Crippen LogP contribution is 2.40. The molecule has 5 rings (SSSR count). The number of aryl methyl sites for hydroxylation is 1. The van der Waals surface area contributed by atoms with Crippen molar-refractivity contribution < 1.29 is 22.5 Å². The summed E-state index contributed by atoms with van der Waals surface area (Å²) in [6, 6.07) is 15.7. The van der Waals surface area contributed by atoms with E-state index in [2.05, 4.69) is 22.1 Å². The van der Waals surface area contributed by atoms with Crippen LogP contribution in [0.25, 0.3) is 22.8 Å². The van der Waals surface area contributed by atoms with Crippen molar-refractivity contribution in [2.75, 3.05) is 33.2 Å². The first-order valence-electron chi connectivity index (χ1n) is 13.2. The summed E-state index contributed by atoms with van der Waals surface area (Å²) in [6.45, 7) is 8.04. The zero-order valence-corrected chi connectivity index (χ0v) is 23.0. The van der Waals surface area contributed by atoms with Gasteiger partial charge in [0.1, 0.15) is 0 Å². The maximum atomic E-state index is 13.4. The van der Waals surface area contributed by atoms with Crippen LogP contribution in [-0.2, 0) is 12.0 Å². The van der Waals surface area contributed by atoms with E-state index in [1.807, 2.05) is 52.9 Å². The van der Waals surface area contributed by atoms with Crippen LogP contribution in [0.2, 0.25) is 0 Å². The first kappa shape index (κ1) is 27.6.